The van der Waals surface area contributed by atoms with Gasteiger partial charge in [0.2, 0.25) is 0 Å². The number of nitrogens with one attached hydrogen (secondary N) is 1. The van der Waals surface area contributed by atoms with Crippen molar-refractivity contribution >= 4 is 11.8 Å². The molecule has 0 aromatic rings. The van der Waals surface area contributed by atoms with E-state index in [0.717, 1.165) is 0 Å². The number of hydrogen-bond donors (Lipinski definition) is 1. The molecule has 1 aliphatic rings. The lowest BCUT2D eigenvalue weighted by atomic mass is 10.1. The molecule has 0 bridgehead atoms. The predicted molar refractivity (Wildman–Crippen MR) is 70.7 cm³/mol. The van der Waals surface area contributed by atoms with Gasteiger partial charge in [-0.3, -0.25) is 0 Å². The summed E-state index contributed by atoms with van der Waals surface area (Å²) in [7, 11) is 0. The number of nitrogens with zero attached hydrogens (tertiary/aromatic N) is 1. The van der Waals surface area contributed by atoms with E-state index in [1.807, 2.05) is 11.8 Å². The van der Waals surface area contributed by atoms with Crippen LogP contribution in [0.25, 0.3) is 0 Å². The molecule has 1 heterocycles. The van der Waals surface area contributed by atoms with Gasteiger partial charge in [0.25, 0.3) is 0 Å². The van der Waals surface area contributed by atoms with Crippen LogP contribution in [0.1, 0.15) is 33.6 Å². The molecule has 0 amide bonds. The van der Waals surface area contributed by atoms with E-state index in [1.54, 1.807) is 0 Å². The maximum atomic E-state index is 3.62. The zero-order valence-corrected chi connectivity index (χ0v) is 11.5. The van der Waals surface area contributed by atoms with Crippen LogP contribution >= 0.6 is 11.8 Å². The first-order valence-electron chi connectivity index (χ1n) is 6.08. The van der Waals surface area contributed by atoms with Gasteiger partial charge in [-0.25, -0.2) is 0 Å². The highest BCUT2D eigenvalue weighted by atomic mass is 32.2. The molecule has 1 unspecified atom stereocenters. The Hall–Kier alpha value is 0.270. The summed E-state index contributed by atoms with van der Waals surface area (Å²) in [6.45, 7) is 11.9. The zero-order valence-electron chi connectivity index (χ0n) is 10.7. The number of thioether (sulfide) groups is 1. The van der Waals surface area contributed by atoms with Crippen molar-refractivity contribution in [3.8, 4) is 0 Å². The Morgan fingerprint density at radius 3 is 2.80 bits per heavy atom. The minimum Gasteiger partial charge on any atom is -0.313 e. The predicted octanol–water partition coefficient (Wildman–Crippen LogP) is 2.20. The van der Waals surface area contributed by atoms with Crippen LogP contribution in [-0.2, 0) is 0 Å². The average Bonchev–Trinajstić information content (AvgIpc) is 2.42. The number of rotatable bonds is 4. The quantitative estimate of drug-likeness (QED) is 0.797. The zero-order chi connectivity index (χ0) is 11.3. The molecule has 2 nitrogen and oxygen atoms in total. The summed E-state index contributed by atoms with van der Waals surface area (Å²) in [4.78, 5) is 2.63. The minimum absolute atomic E-state index is 0.391. The maximum absolute atomic E-state index is 3.62. The molecule has 0 aromatic carbocycles. The third-order valence-corrected chi connectivity index (χ3v) is 4.45. The third-order valence-electron chi connectivity index (χ3n) is 3.21. The second-order valence-corrected chi connectivity index (χ2v) is 6.63. The second kappa shape index (κ2) is 6.12. The summed E-state index contributed by atoms with van der Waals surface area (Å²) >= 11 is 1.97. The Morgan fingerprint density at radius 1 is 1.47 bits per heavy atom. The van der Waals surface area contributed by atoms with E-state index < -0.39 is 0 Å². The molecule has 1 N–H and O–H groups in total. The maximum Gasteiger partial charge on any atom is 0.0227 e. The summed E-state index contributed by atoms with van der Waals surface area (Å²) in [5.41, 5.74) is 0. The van der Waals surface area contributed by atoms with Gasteiger partial charge in [0, 0.05) is 23.9 Å². The first kappa shape index (κ1) is 13.3. The van der Waals surface area contributed by atoms with Crippen LogP contribution in [0.3, 0.4) is 0 Å². The molecule has 0 aliphatic carbocycles. The summed E-state index contributed by atoms with van der Waals surface area (Å²) in [6.07, 6.45) is 4.75. The van der Waals surface area contributed by atoms with Crippen LogP contribution in [0, 0.1) is 0 Å². The Bertz CT molecular complexity index is 182. The highest BCUT2D eigenvalue weighted by Crippen LogP contribution is 2.23. The molecule has 15 heavy (non-hydrogen) atoms. The lowest BCUT2D eigenvalue weighted by molar-refractivity contribution is 0.249. The van der Waals surface area contributed by atoms with E-state index >= 15 is 0 Å². The van der Waals surface area contributed by atoms with Gasteiger partial charge >= 0.3 is 0 Å². The molecule has 1 saturated heterocycles. The molecular formula is C12H26N2S. The van der Waals surface area contributed by atoms with Crippen molar-refractivity contribution < 1.29 is 0 Å². The normalized spacial score (nSPS) is 25.2. The van der Waals surface area contributed by atoms with Crippen LogP contribution < -0.4 is 5.32 Å². The summed E-state index contributed by atoms with van der Waals surface area (Å²) in [6, 6.07) is 0.699. The minimum atomic E-state index is 0.391. The molecule has 0 radical (unpaired) electrons. The Morgan fingerprint density at radius 2 is 2.20 bits per heavy atom. The fraction of sp³-hybridized carbons (Fsp3) is 1.00. The van der Waals surface area contributed by atoms with Gasteiger partial charge in [-0.1, -0.05) is 6.92 Å². The fourth-order valence-corrected chi connectivity index (χ4v) is 2.41. The summed E-state index contributed by atoms with van der Waals surface area (Å²) in [5.74, 6) is 0. The van der Waals surface area contributed by atoms with E-state index in [4.69, 9.17) is 0 Å². The van der Waals surface area contributed by atoms with Crippen LogP contribution in [-0.4, -0.2) is 48.1 Å². The lowest BCUT2D eigenvalue weighted by Gasteiger charge is -2.32. The highest BCUT2D eigenvalue weighted by Gasteiger charge is 2.23. The van der Waals surface area contributed by atoms with Crippen LogP contribution in [0.5, 0.6) is 0 Å². The molecule has 0 saturated carbocycles. The van der Waals surface area contributed by atoms with Crippen LogP contribution in [0.4, 0.5) is 0 Å². The van der Waals surface area contributed by atoms with E-state index in [1.165, 1.54) is 39.0 Å². The fourth-order valence-electron chi connectivity index (χ4n) is 2.10. The average molecular weight is 230 g/mol. The van der Waals surface area contributed by atoms with Crippen molar-refractivity contribution in [1.29, 1.82) is 0 Å². The third kappa shape index (κ3) is 4.75. The van der Waals surface area contributed by atoms with Crippen molar-refractivity contribution in [1.82, 2.24) is 10.2 Å². The van der Waals surface area contributed by atoms with E-state index in [-0.39, 0.29) is 0 Å². The largest absolute Gasteiger partial charge is 0.313 e. The monoisotopic (exact) mass is 230 g/mol. The molecule has 0 spiro atoms. The van der Waals surface area contributed by atoms with Crippen molar-refractivity contribution in [3.05, 3.63) is 0 Å². The SMILES string of the molecule is CCC1CN(CC(C)(C)SC)CCCN1. The van der Waals surface area contributed by atoms with Gasteiger partial charge in [0.15, 0.2) is 0 Å². The van der Waals surface area contributed by atoms with Crippen molar-refractivity contribution in [2.75, 3.05) is 32.4 Å². The van der Waals surface area contributed by atoms with Gasteiger partial charge in [0.1, 0.15) is 0 Å². The van der Waals surface area contributed by atoms with E-state index in [9.17, 15) is 0 Å². The van der Waals surface area contributed by atoms with Gasteiger partial charge in [-0.05, 0) is 46.0 Å². The van der Waals surface area contributed by atoms with Gasteiger partial charge in [0.05, 0.1) is 0 Å². The number of hydrogen-bond acceptors (Lipinski definition) is 3. The summed E-state index contributed by atoms with van der Waals surface area (Å²) < 4.78 is 0.391. The topological polar surface area (TPSA) is 15.3 Å². The van der Waals surface area contributed by atoms with Crippen molar-refractivity contribution in [2.24, 2.45) is 0 Å². The van der Waals surface area contributed by atoms with Gasteiger partial charge < -0.3 is 10.2 Å². The van der Waals surface area contributed by atoms with Gasteiger partial charge in [-0.2, -0.15) is 11.8 Å². The molecule has 1 rings (SSSR count). The van der Waals surface area contributed by atoms with E-state index in [2.05, 4.69) is 37.2 Å². The first-order valence-corrected chi connectivity index (χ1v) is 7.31. The van der Waals surface area contributed by atoms with E-state index in [0.29, 0.717) is 10.8 Å². The first-order chi connectivity index (χ1) is 7.07. The molecule has 1 aliphatic heterocycles. The smallest absolute Gasteiger partial charge is 0.0227 e. The lowest BCUT2D eigenvalue weighted by Crippen LogP contribution is -2.42. The highest BCUT2D eigenvalue weighted by molar-refractivity contribution is 7.99. The van der Waals surface area contributed by atoms with Crippen LogP contribution in [0.15, 0.2) is 0 Å². The van der Waals surface area contributed by atoms with Gasteiger partial charge in [-0.15, -0.1) is 0 Å². The Kier molecular flexibility index (Phi) is 5.44. The van der Waals surface area contributed by atoms with Crippen molar-refractivity contribution in [3.63, 3.8) is 0 Å². The molecule has 3 heteroatoms. The molecule has 1 atom stereocenters. The molecule has 90 valence electrons. The summed E-state index contributed by atoms with van der Waals surface area (Å²) in [5, 5.41) is 3.62. The molecule has 0 aromatic heterocycles. The molecule has 1 fully saturated rings. The van der Waals surface area contributed by atoms with Crippen molar-refractivity contribution in [2.45, 2.75) is 44.4 Å². The van der Waals surface area contributed by atoms with Crippen LogP contribution in [0.2, 0.25) is 0 Å². The Labute approximate surface area is 99.2 Å². The standard InChI is InChI=1S/C12H26N2S/c1-5-11-9-14(8-6-7-13-11)10-12(2,3)15-4/h11,13H,5-10H2,1-4H3. The molecular weight excluding hydrogens is 204 g/mol. The Balaban J connectivity index is 2.45. The second-order valence-electron chi connectivity index (χ2n) is 5.11.